The fraction of sp³-hybridized carbons (Fsp3) is 0.412. The predicted octanol–water partition coefficient (Wildman–Crippen LogP) is 5.21. The number of benzene rings is 1. The summed E-state index contributed by atoms with van der Waals surface area (Å²) >= 11 is 1.89. The Morgan fingerprint density at radius 2 is 1.89 bits per heavy atom. The van der Waals surface area contributed by atoms with Gasteiger partial charge in [0.2, 0.25) is 0 Å². The van der Waals surface area contributed by atoms with Crippen molar-refractivity contribution in [2.24, 2.45) is 0 Å². The third-order valence-electron chi connectivity index (χ3n) is 3.40. The van der Waals surface area contributed by atoms with Crippen molar-refractivity contribution in [1.29, 1.82) is 0 Å². The van der Waals surface area contributed by atoms with Crippen molar-refractivity contribution in [1.82, 2.24) is 5.32 Å². The lowest BCUT2D eigenvalue weighted by atomic mass is 10.0. The molecular weight excluding hydrogens is 250 g/mol. The zero-order valence-corrected chi connectivity index (χ0v) is 13.1. The van der Waals surface area contributed by atoms with E-state index in [2.05, 4.69) is 69.4 Å². The van der Waals surface area contributed by atoms with Crippen molar-refractivity contribution in [3.8, 4) is 10.4 Å². The maximum absolute atomic E-state index is 3.47. The van der Waals surface area contributed by atoms with Gasteiger partial charge in [0.25, 0.3) is 0 Å². The summed E-state index contributed by atoms with van der Waals surface area (Å²) in [6, 6.07) is 13.8. The summed E-state index contributed by atoms with van der Waals surface area (Å²) in [7, 11) is 0. The first kappa shape index (κ1) is 14.3. The summed E-state index contributed by atoms with van der Waals surface area (Å²) in [6.07, 6.45) is 0. The van der Waals surface area contributed by atoms with E-state index >= 15 is 0 Å². The van der Waals surface area contributed by atoms with Gasteiger partial charge in [-0.05, 0) is 42.6 Å². The molecule has 2 heteroatoms. The van der Waals surface area contributed by atoms with E-state index in [1.165, 1.54) is 20.9 Å². The van der Waals surface area contributed by atoms with Crippen LogP contribution in [-0.4, -0.2) is 6.54 Å². The molecule has 0 aliphatic rings. The first-order chi connectivity index (χ1) is 9.11. The molecule has 19 heavy (non-hydrogen) atoms. The summed E-state index contributed by atoms with van der Waals surface area (Å²) < 4.78 is 0. The summed E-state index contributed by atoms with van der Waals surface area (Å²) in [5.74, 6) is 0.583. The van der Waals surface area contributed by atoms with E-state index in [9.17, 15) is 0 Å². The largest absolute Gasteiger partial charge is 0.310 e. The van der Waals surface area contributed by atoms with Crippen LogP contribution in [0.2, 0.25) is 0 Å². The molecule has 2 rings (SSSR count). The average Bonchev–Trinajstić information content (AvgIpc) is 2.89. The Hall–Kier alpha value is -1.12. The van der Waals surface area contributed by atoms with Gasteiger partial charge in [0.05, 0.1) is 0 Å². The minimum absolute atomic E-state index is 0.442. The number of nitrogens with one attached hydrogen (secondary N) is 1. The smallest absolute Gasteiger partial charge is 0.0386 e. The van der Waals surface area contributed by atoms with Gasteiger partial charge in [-0.3, -0.25) is 0 Å². The lowest BCUT2D eigenvalue weighted by Gasteiger charge is -2.09. The molecule has 1 N–H and O–H groups in total. The zero-order chi connectivity index (χ0) is 13.8. The van der Waals surface area contributed by atoms with Gasteiger partial charge in [-0.2, -0.15) is 0 Å². The number of hydrogen-bond donors (Lipinski definition) is 1. The summed E-state index contributed by atoms with van der Waals surface area (Å²) in [6.45, 7) is 9.87. The summed E-state index contributed by atoms with van der Waals surface area (Å²) in [5.41, 5.74) is 2.75. The highest BCUT2D eigenvalue weighted by Gasteiger charge is 2.09. The van der Waals surface area contributed by atoms with E-state index in [0.29, 0.717) is 12.0 Å². The molecule has 0 aliphatic heterocycles. The molecule has 1 heterocycles. The maximum atomic E-state index is 3.47. The first-order valence-electron chi connectivity index (χ1n) is 7.05. The molecule has 0 saturated carbocycles. The summed E-state index contributed by atoms with van der Waals surface area (Å²) in [5, 5.41) is 3.47. The molecule has 0 radical (unpaired) electrons. The van der Waals surface area contributed by atoms with Crippen molar-refractivity contribution < 1.29 is 0 Å². The van der Waals surface area contributed by atoms with Gasteiger partial charge >= 0.3 is 0 Å². The highest BCUT2D eigenvalue weighted by molar-refractivity contribution is 7.15. The Morgan fingerprint density at radius 1 is 1.11 bits per heavy atom. The van der Waals surface area contributed by atoms with E-state index in [-0.39, 0.29) is 0 Å². The first-order valence-corrected chi connectivity index (χ1v) is 7.87. The predicted molar refractivity (Wildman–Crippen MR) is 85.9 cm³/mol. The van der Waals surface area contributed by atoms with Gasteiger partial charge in [-0.15, -0.1) is 11.3 Å². The van der Waals surface area contributed by atoms with Crippen LogP contribution < -0.4 is 5.32 Å². The highest BCUT2D eigenvalue weighted by Crippen LogP contribution is 2.32. The van der Waals surface area contributed by atoms with Gasteiger partial charge in [0.15, 0.2) is 0 Å². The molecule has 0 bridgehead atoms. The van der Waals surface area contributed by atoms with Gasteiger partial charge in [0.1, 0.15) is 0 Å². The zero-order valence-electron chi connectivity index (χ0n) is 12.2. The molecule has 0 saturated heterocycles. The van der Waals surface area contributed by atoms with Gasteiger partial charge in [-0.1, -0.05) is 45.0 Å². The van der Waals surface area contributed by atoms with Gasteiger partial charge < -0.3 is 5.32 Å². The van der Waals surface area contributed by atoms with Gasteiger partial charge in [0, 0.05) is 15.8 Å². The molecule has 102 valence electrons. The lowest BCUT2D eigenvalue weighted by Crippen LogP contribution is -2.16. The molecule has 0 amide bonds. The van der Waals surface area contributed by atoms with E-state index in [4.69, 9.17) is 0 Å². The summed E-state index contributed by atoms with van der Waals surface area (Å²) in [4.78, 5) is 2.77. The standard InChI is InChI=1S/C17H23NS/c1-5-18-13(4)16-9-10-17(19-16)15-8-6-7-14(11-15)12(2)3/h6-13,18H,5H2,1-4H3. The van der Waals surface area contributed by atoms with Crippen molar-refractivity contribution in [3.63, 3.8) is 0 Å². The van der Waals surface area contributed by atoms with Crippen LogP contribution in [0.4, 0.5) is 0 Å². The molecule has 0 aliphatic carbocycles. The Labute approximate surface area is 120 Å². The molecule has 1 aromatic carbocycles. The lowest BCUT2D eigenvalue weighted by molar-refractivity contribution is 0.607. The van der Waals surface area contributed by atoms with Crippen molar-refractivity contribution >= 4 is 11.3 Å². The monoisotopic (exact) mass is 273 g/mol. The molecule has 0 spiro atoms. The minimum Gasteiger partial charge on any atom is -0.310 e. The van der Waals surface area contributed by atoms with Crippen LogP contribution in [0, 0.1) is 0 Å². The van der Waals surface area contributed by atoms with Crippen molar-refractivity contribution in [2.75, 3.05) is 6.54 Å². The van der Waals surface area contributed by atoms with Crippen LogP contribution >= 0.6 is 11.3 Å². The average molecular weight is 273 g/mol. The Morgan fingerprint density at radius 3 is 2.58 bits per heavy atom. The second-order valence-electron chi connectivity index (χ2n) is 5.26. The Bertz CT molecular complexity index is 528. The topological polar surface area (TPSA) is 12.0 Å². The van der Waals surface area contributed by atoms with Crippen LogP contribution in [-0.2, 0) is 0 Å². The molecule has 0 fully saturated rings. The third kappa shape index (κ3) is 3.46. The fourth-order valence-electron chi connectivity index (χ4n) is 2.20. The molecule has 1 aromatic heterocycles. The van der Waals surface area contributed by atoms with Crippen LogP contribution in [0.15, 0.2) is 36.4 Å². The van der Waals surface area contributed by atoms with Crippen LogP contribution in [0.5, 0.6) is 0 Å². The third-order valence-corrected chi connectivity index (χ3v) is 4.72. The maximum Gasteiger partial charge on any atom is 0.0386 e. The van der Waals surface area contributed by atoms with Crippen molar-refractivity contribution in [3.05, 3.63) is 46.8 Å². The van der Waals surface area contributed by atoms with Crippen molar-refractivity contribution in [2.45, 2.75) is 39.7 Å². The van der Waals surface area contributed by atoms with Gasteiger partial charge in [-0.25, -0.2) is 0 Å². The number of thiophene rings is 1. The fourth-order valence-corrected chi connectivity index (χ4v) is 3.23. The quantitative estimate of drug-likeness (QED) is 0.788. The minimum atomic E-state index is 0.442. The Balaban J connectivity index is 2.25. The molecule has 2 aromatic rings. The second-order valence-corrected chi connectivity index (χ2v) is 6.38. The molecular formula is C17H23NS. The second kappa shape index (κ2) is 6.36. The molecule has 1 nitrogen and oxygen atoms in total. The van der Waals surface area contributed by atoms with E-state index < -0.39 is 0 Å². The van der Waals surface area contributed by atoms with Crippen LogP contribution in [0.1, 0.15) is 50.1 Å². The van der Waals surface area contributed by atoms with E-state index in [1.807, 2.05) is 11.3 Å². The molecule has 1 unspecified atom stereocenters. The normalized spacial score (nSPS) is 12.9. The molecule has 1 atom stereocenters. The van der Waals surface area contributed by atoms with E-state index in [0.717, 1.165) is 6.54 Å². The highest BCUT2D eigenvalue weighted by atomic mass is 32.1. The van der Waals surface area contributed by atoms with Crippen LogP contribution in [0.3, 0.4) is 0 Å². The van der Waals surface area contributed by atoms with Crippen LogP contribution in [0.25, 0.3) is 10.4 Å². The number of hydrogen-bond acceptors (Lipinski definition) is 2. The van der Waals surface area contributed by atoms with E-state index in [1.54, 1.807) is 0 Å². The Kier molecular flexibility index (Phi) is 4.78. The number of rotatable bonds is 5. The SMILES string of the molecule is CCNC(C)c1ccc(-c2cccc(C(C)C)c2)s1.